The minimum Gasteiger partial charge on any atom is -0.342 e. The number of fused-ring (bicyclic) bond motifs is 1. The molecule has 3 aliphatic rings. The highest BCUT2D eigenvalue weighted by molar-refractivity contribution is 5.78. The first kappa shape index (κ1) is 19.5. The second-order valence-corrected chi connectivity index (χ2v) is 7.18. The van der Waals surface area contributed by atoms with Gasteiger partial charge in [-0.1, -0.05) is 26.0 Å². The number of nitriles is 1. The summed E-state index contributed by atoms with van der Waals surface area (Å²) in [6.07, 6.45) is 8.59. The Bertz CT molecular complexity index is 538. The molecule has 0 aromatic carbocycles. The number of likely N-dealkylation sites (tertiary alicyclic amines) is 2. The molecule has 0 aromatic heterocycles. The zero-order valence-electron chi connectivity index (χ0n) is 15.8. The number of carbonyl (C=O) groups is 2. The molecular formula is C20H31N3O2. The molecule has 0 aromatic rings. The van der Waals surface area contributed by atoms with Crippen LogP contribution in [0.15, 0.2) is 12.2 Å². The van der Waals surface area contributed by atoms with Crippen LogP contribution in [0.1, 0.15) is 52.9 Å². The van der Waals surface area contributed by atoms with Gasteiger partial charge < -0.3 is 9.80 Å². The Labute approximate surface area is 151 Å². The summed E-state index contributed by atoms with van der Waals surface area (Å²) in [6.45, 7) is 8.18. The Hall–Kier alpha value is -1.83. The van der Waals surface area contributed by atoms with Crippen LogP contribution in [0.3, 0.4) is 0 Å². The van der Waals surface area contributed by atoms with E-state index in [-0.39, 0.29) is 17.9 Å². The van der Waals surface area contributed by atoms with Crippen molar-refractivity contribution in [2.75, 3.05) is 19.6 Å². The van der Waals surface area contributed by atoms with Crippen molar-refractivity contribution in [2.24, 2.45) is 17.8 Å². The molecule has 2 amide bonds. The summed E-state index contributed by atoms with van der Waals surface area (Å²) in [5, 5.41) is 9.05. The summed E-state index contributed by atoms with van der Waals surface area (Å²) < 4.78 is 0. The Morgan fingerprint density at radius 1 is 1.20 bits per heavy atom. The first-order valence-electron chi connectivity index (χ1n) is 9.69. The van der Waals surface area contributed by atoms with Gasteiger partial charge in [0.2, 0.25) is 11.8 Å². The van der Waals surface area contributed by atoms with Crippen LogP contribution < -0.4 is 0 Å². The van der Waals surface area contributed by atoms with Crippen LogP contribution in [0.5, 0.6) is 0 Å². The molecule has 0 spiro atoms. The predicted molar refractivity (Wildman–Crippen MR) is 97.4 cm³/mol. The van der Waals surface area contributed by atoms with Crippen molar-refractivity contribution in [2.45, 2.75) is 58.9 Å². The highest BCUT2D eigenvalue weighted by atomic mass is 16.2. The fraction of sp³-hybridized carbons (Fsp3) is 0.750. The second-order valence-electron chi connectivity index (χ2n) is 7.18. The summed E-state index contributed by atoms with van der Waals surface area (Å²) in [7, 11) is 0. The Morgan fingerprint density at radius 2 is 1.84 bits per heavy atom. The van der Waals surface area contributed by atoms with Gasteiger partial charge in [-0.3, -0.25) is 9.59 Å². The van der Waals surface area contributed by atoms with Crippen LogP contribution in [-0.2, 0) is 9.59 Å². The largest absolute Gasteiger partial charge is 0.342 e. The molecule has 138 valence electrons. The zero-order valence-corrected chi connectivity index (χ0v) is 15.8. The molecule has 1 saturated carbocycles. The van der Waals surface area contributed by atoms with Crippen molar-refractivity contribution < 1.29 is 9.59 Å². The first-order valence-corrected chi connectivity index (χ1v) is 9.69. The van der Waals surface area contributed by atoms with Crippen LogP contribution in [0, 0.1) is 29.1 Å². The Kier molecular flexibility index (Phi) is 7.04. The molecule has 1 aliphatic carbocycles. The number of carbonyl (C=O) groups excluding carboxylic acids is 2. The average Bonchev–Trinajstić information content (AvgIpc) is 3.30. The summed E-state index contributed by atoms with van der Waals surface area (Å²) in [5.74, 6) is 2.06. The second kappa shape index (κ2) is 9.03. The van der Waals surface area contributed by atoms with Gasteiger partial charge in [0, 0.05) is 33.0 Å². The molecule has 2 heterocycles. The van der Waals surface area contributed by atoms with E-state index >= 15 is 0 Å². The van der Waals surface area contributed by atoms with E-state index in [1.54, 1.807) is 11.8 Å². The van der Waals surface area contributed by atoms with Crippen molar-refractivity contribution in [3.63, 3.8) is 0 Å². The van der Waals surface area contributed by atoms with Crippen LogP contribution in [-0.4, -0.2) is 47.3 Å². The molecule has 1 unspecified atom stereocenters. The van der Waals surface area contributed by atoms with Gasteiger partial charge in [-0.05, 0) is 43.4 Å². The molecule has 3 rings (SSSR count). The van der Waals surface area contributed by atoms with Gasteiger partial charge >= 0.3 is 0 Å². The molecule has 0 N–H and O–H groups in total. The van der Waals surface area contributed by atoms with Crippen LogP contribution in [0.2, 0.25) is 0 Å². The first-order chi connectivity index (χ1) is 12.1. The van der Waals surface area contributed by atoms with Gasteiger partial charge in [0.05, 0.1) is 6.07 Å². The van der Waals surface area contributed by atoms with E-state index in [4.69, 9.17) is 5.26 Å². The predicted octanol–water partition coefficient (Wildman–Crippen LogP) is 2.98. The van der Waals surface area contributed by atoms with Gasteiger partial charge in [0.25, 0.3) is 0 Å². The summed E-state index contributed by atoms with van der Waals surface area (Å²) >= 11 is 0. The third-order valence-electron chi connectivity index (χ3n) is 5.66. The molecule has 5 nitrogen and oxygen atoms in total. The minimum absolute atomic E-state index is 0.0752. The standard InChI is InChI=1S/C18H25N3O2.C2H6/c1-13(22)20-11-15-8-14(9-16(15)12-20)4-2-6-18(23)21-7-3-5-17(21)10-19;1-2/h2,4,14-17H,3,5-9,11-12H2,1H3;1-2H3/t14?,15-,16+,17-;/m0./s1. The normalized spacial score (nSPS) is 30.8. The van der Waals surface area contributed by atoms with Crippen LogP contribution in [0.25, 0.3) is 0 Å². The zero-order chi connectivity index (χ0) is 18.4. The van der Waals surface area contributed by atoms with E-state index in [0.29, 0.717) is 24.2 Å². The van der Waals surface area contributed by atoms with E-state index in [0.717, 1.165) is 45.3 Å². The number of amides is 2. The molecule has 0 radical (unpaired) electrons. The molecule has 2 saturated heterocycles. The summed E-state index contributed by atoms with van der Waals surface area (Å²) in [4.78, 5) is 27.3. The van der Waals surface area contributed by atoms with E-state index in [1.165, 1.54) is 0 Å². The lowest BCUT2D eigenvalue weighted by Gasteiger charge is -2.18. The lowest BCUT2D eigenvalue weighted by Crippen LogP contribution is -2.34. The van der Waals surface area contributed by atoms with Gasteiger partial charge in [0.15, 0.2) is 0 Å². The summed E-state index contributed by atoms with van der Waals surface area (Å²) in [5.41, 5.74) is 0. The van der Waals surface area contributed by atoms with Gasteiger partial charge in [-0.2, -0.15) is 5.26 Å². The van der Waals surface area contributed by atoms with E-state index in [9.17, 15) is 9.59 Å². The SMILES string of the molecule is CC.CC(=O)N1C[C@H]2CC(C=CCC(=O)N3CCC[C@H]3C#N)C[C@H]2C1. The van der Waals surface area contributed by atoms with Gasteiger partial charge in [-0.25, -0.2) is 0 Å². The van der Waals surface area contributed by atoms with Gasteiger partial charge in [-0.15, -0.1) is 0 Å². The average molecular weight is 345 g/mol. The molecule has 0 bridgehead atoms. The Morgan fingerprint density at radius 3 is 2.40 bits per heavy atom. The highest BCUT2D eigenvalue weighted by Crippen LogP contribution is 2.42. The molecule has 2 aliphatic heterocycles. The molecule has 5 heteroatoms. The number of rotatable bonds is 3. The number of hydrogen-bond acceptors (Lipinski definition) is 3. The van der Waals surface area contributed by atoms with Crippen LogP contribution >= 0.6 is 0 Å². The maximum absolute atomic E-state index is 12.2. The highest BCUT2D eigenvalue weighted by Gasteiger charge is 2.40. The fourth-order valence-electron chi connectivity index (χ4n) is 4.44. The van der Waals surface area contributed by atoms with Crippen molar-refractivity contribution in [1.29, 1.82) is 5.26 Å². The lowest BCUT2D eigenvalue weighted by molar-refractivity contribution is -0.130. The number of nitrogens with zero attached hydrogens (tertiary/aromatic N) is 3. The third-order valence-corrected chi connectivity index (χ3v) is 5.66. The molecule has 25 heavy (non-hydrogen) atoms. The van der Waals surface area contributed by atoms with E-state index < -0.39 is 0 Å². The summed E-state index contributed by atoms with van der Waals surface area (Å²) in [6, 6.07) is 1.99. The Balaban J connectivity index is 0.00000109. The molecule has 4 atom stereocenters. The third kappa shape index (κ3) is 4.62. The smallest absolute Gasteiger partial charge is 0.227 e. The quantitative estimate of drug-likeness (QED) is 0.739. The fourth-order valence-corrected chi connectivity index (χ4v) is 4.44. The maximum Gasteiger partial charge on any atom is 0.227 e. The van der Waals surface area contributed by atoms with Crippen molar-refractivity contribution >= 4 is 11.8 Å². The topological polar surface area (TPSA) is 64.4 Å². The van der Waals surface area contributed by atoms with Crippen molar-refractivity contribution in [3.8, 4) is 6.07 Å². The van der Waals surface area contributed by atoms with E-state index in [1.807, 2.05) is 24.8 Å². The van der Waals surface area contributed by atoms with E-state index in [2.05, 4.69) is 12.1 Å². The molecule has 3 fully saturated rings. The maximum atomic E-state index is 12.2. The van der Waals surface area contributed by atoms with Crippen LogP contribution in [0.4, 0.5) is 0 Å². The number of hydrogen-bond donors (Lipinski definition) is 0. The lowest BCUT2D eigenvalue weighted by atomic mass is 10.0. The molecular weight excluding hydrogens is 314 g/mol. The van der Waals surface area contributed by atoms with Gasteiger partial charge in [0.1, 0.15) is 6.04 Å². The monoisotopic (exact) mass is 345 g/mol. The van der Waals surface area contributed by atoms with Crippen molar-refractivity contribution in [3.05, 3.63) is 12.2 Å². The minimum atomic E-state index is -0.223. The number of allylic oxidation sites excluding steroid dienone is 1. The van der Waals surface area contributed by atoms with Crippen molar-refractivity contribution in [1.82, 2.24) is 9.80 Å².